The smallest absolute Gasteiger partial charge is 0.329 e. The van der Waals surface area contributed by atoms with E-state index in [0.717, 1.165) is 5.69 Å². The first kappa shape index (κ1) is 21.4. The van der Waals surface area contributed by atoms with Crippen LogP contribution in [0.3, 0.4) is 0 Å². The Balaban J connectivity index is 1.87. The molecule has 1 atom stereocenters. The van der Waals surface area contributed by atoms with Crippen LogP contribution in [0.5, 0.6) is 0 Å². The molecule has 0 spiro atoms. The number of esters is 1. The van der Waals surface area contributed by atoms with Gasteiger partial charge in [-0.25, -0.2) is 4.79 Å². The van der Waals surface area contributed by atoms with Crippen LogP contribution in [-0.4, -0.2) is 44.5 Å². The SMILES string of the molecule is CC(C)[C@@H](NC(=O)c1cccs1)C(=O)OCC(=O)Nc1ccc(N(C)C)cc1. The van der Waals surface area contributed by atoms with Crippen LogP contribution in [-0.2, 0) is 14.3 Å². The van der Waals surface area contributed by atoms with Crippen molar-refractivity contribution in [2.24, 2.45) is 5.92 Å². The Morgan fingerprint density at radius 3 is 2.32 bits per heavy atom. The van der Waals surface area contributed by atoms with Crippen LogP contribution >= 0.6 is 11.3 Å². The maximum atomic E-state index is 12.3. The van der Waals surface area contributed by atoms with E-state index in [1.54, 1.807) is 43.5 Å². The first-order chi connectivity index (χ1) is 13.3. The Labute approximate surface area is 168 Å². The number of hydrogen-bond donors (Lipinski definition) is 2. The number of amides is 2. The molecule has 150 valence electrons. The lowest BCUT2D eigenvalue weighted by Gasteiger charge is -2.20. The highest BCUT2D eigenvalue weighted by molar-refractivity contribution is 7.12. The largest absolute Gasteiger partial charge is 0.454 e. The third-order valence-corrected chi connectivity index (χ3v) is 4.83. The summed E-state index contributed by atoms with van der Waals surface area (Å²) in [6, 6.07) is 9.89. The van der Waals surface area contributed by atoms with Crippen molar-refractivity contribution < 1.29 is 19.1 Å². The van der Waals surface area contributed by atoms with E-state index in [1.807, 2.05) is 31.1 Å². The van der Waals surface area contributed by atoms with Crippen molar-refractivity contribution in [3.63, 3.8) is 0 Å². The number of ether oxygens (including phenoxy) is 1. The second-order valence-electron chi connectivity index (χ2n) is 6.77. The van der Waals surface area contributed by atoms with Gasteiger partial charge in [-0.2, -0.15) is 0 Å². The number of hydrogen-bond acceptors (Lipinski definition) is 6. The van der Waals surface area contributed by atoms with Gasteiger partial charge in [0.2, 0.25) is 0 Å². The molecule has 0 saturated carbocycles. The van der Waals surface area contributed by atoms with Crippen molar-refractivity contribution in [2.75, 3.05) is 30.9 Å². The van der Waals surface area contributed by atoms with Crippen molar-refractivity contribution in [3.8, 4) is 0 Å². The molecule has 0 fully saturated rings. The highest BCUT2D eigenvalue weighted by atomic mass is 32.1. The molecule has 2 amide bonds. The van der Waals surface area contributed by atoms with Gasteiger partial charge in [0, 0.05) is 25.5 Å². The Hall–Kier alpha value is -2.87. The minimum atomic E-state index is -0.832. The molecule has 0 aliphatic heterocycles. The number of rotatable bonds is 8. The zero-order valence-electron chi connectivity index (χ0n) is 16.4. The molecule has 8 heteroatoms. The molecule has 0 unspecified atom stereocenters. The third kappa shape index (κ3) is 6.09. The van der Waals surface area contributed by atoms with Gasteiger partial charge in [-0.1, -0.05) is 19.9 Å². The van der Waals surface area contributed by atoms with E-state index in [-0.39, 0.29) is 11.8 Å². The minimum absolute atomic E-state index is 0.182. The lowest BCUT2D eigenvalue weighted by molar-refractivity contribution is -0.150. The van der Waals surface area contributed by atoms with Gasteiger partial charge in [-0.15, -0.1) is 11.3 Å². The molecule has 1 aromatic carbocycles. The lowest BCUT2D eigenvalue weighted by atomic mass is 10.0. The van der Waals surface area contributed by atoms with E-state index in [4.69, 9.17) is 4.74 Å². The fraction of sp³-hybridized carbons (Fsp3) is 0.350. The van der Waals surface area contributed by atoms with Crippen molar-refractivity contribution in [1.29, 1.82) is 0 Å². The second-order valence-corrected chi connectivity index (χ2v) is 7.72. The molecule has 2 N–H and O–H groups in total. The molecule has 1 aromatic heterocycles. The minimum Gasteiger partial charge on any atom is -0.454 e. The first-order valence-corrected chi connectivity index (χ1v) is 9.74. The number of benzene rings is 1. The second kappa shape index (κ2) is 9.89. The van der Waals surface area contributed by atoms with Gasteiger partial charge >= 0.3 is 5.97 Å². The molecular formula is C20H25N3O4S. The highest BCUT2D eigenvalue weighted by Crippen LogP contribution is 2.15. The van der Waals surface area contributed by atoms with Crippen LogP contribution in [0.1, 0.15) is 23.5 Å². The Bertz CT molecular complexity index is 801. The monoisotopic (exact) mass is 403 g/mol. The van der Waals surface area contributed by atoms with Crippen LogP contribution < -0.4 is 15.5 Å². The summed E-state index contributed by atoms with van der Waals surface area (Å²) >= 11 is 1.29. The first-order valence-electron chi connectivity index (χ1n) is 8.86. The molecular weight excluding hydrogens is 378 g/mol. The molecule has 7 nitrogen and oxygen atoms in total. The standard InChI is InChI=1S/C20H25N3O4S/c1-13(2)18(22-19(25)16-6-5-11-28-16)20(26)27-12-17(24)21-14-7-9-15(10-8-14)23(3)4/h5-11,13,18H,12H2,1-4H3,(H,21,24)(H,22,25)/t18-/m1/s1. The van der Waals surface area contributed by atoms with Crippen molar-refractivity contribution >= 4 is 40.5 Å². The van der Waals surface area contributed by atoms with Gasteiger partial charge in [0.1, 0.15) is 6.04 Å². The van der Waals surface area contributed by atoms with Gasteiger partial charge in [-0.3, -0.25) is 9.59 Å². The fourth-order valence-corrected chi connectivity index (χ4v) is 3.01. The van der Waals surface area contributed by atoms with E-state index in [1.165, 1.54) is 11.3 Å². The van der Waals surface area contributed by atoms with Crippen molar-refractivity contribution in [3.05, 3.63) is 46.7 Å². The summed E-state index contributed by atoms with van der Waals surface area (Å²) in [7, 11) is 3.85. The lowest BCUT2D eigenvalue weighted by Crippen LogP contribution is -2.45. The zero-order valence-corrected chi connectivity index (χ0v) is 17.2. The third-order valence-electron chi connectivity index (χ3n) is 3.97. The molecule has 0 bridgehead atoms. The van der Waals surface area contributed by atoms with E-state index in [9.17, 15) is 14.4 Å². The number of thiophene rings is 1. The number of carbonyl (C=O) groups is 3. The molecule has 0 radical (unpaired) electrons. The van der Waals surface area contributed by atoms with E-state index in [0.29, 0.717) is 10.6 Å². The van der Waals surface area contributed by atoms with Gasteiger partial charge in [0.25, 0.3) is 11.8 Å². The van der Waals surface area contributed by atoms with E-state index in [2.05, 4.69) is 10.6 Å². The molecule has 1 heterocycles. The maximum Gasteiger partial charge on any atom is 0.329 e. The van der Waals surface area contributed by atoms with Crippen molar-refractivity contribution in [1.82, 2.24) is 5.32 Å². The summed E-state index contributed by atoms with van der Waals surface area (Å²) in [4.78, 5) is 39.0. The highest BCUT2D eigenvalue weighted by Gasteiger charge is 2.27. The Kier molecular flexibility index (Phi) is 7.57. The molecule has 0 aliphatic carbocycles. The van der Waals surface area contributed by atoms with Crippen LogP contribution in [0.2, 0.25) is 0 Å². The molecule has 2 aromatic rings. The van der Waals surface area contributed by atoms with Gasteiger partial charge < -0.3 is 20.3 Å². The Morgan fingerprint density at radius 1 is 1.11 bits per heavy atom. The van der Waals surface area contributed by atoms with Gasteiger partial charge in [0.05, 0.1) is 4.88 Å². The van der Waals surface area contributed by atoms with Gasteiger partial charge in [-0.05, 0) is 41.6 Å². The number of nitrogens with one attached hydrogen (secondary N) is 2. The topological polar surface area (TPSA) is 87.7 Å². The zero-order chi connectivity index (χ0) is 20.7. The number of anilines is 2. The quantitative estimate of drug-likeness (QED) is 0.662. The predicted octanol–water partition coefficient (Wildman–Crippen LogP) is 2.75. The van der Waals surface area contributed by atoms with E-state index >= 15 is 0 Å². The molecule has 0 aliphatic rings. The van der Waals surface area contributed by atoms with Crippen LogP contribution in [0.25, 0.3) is 0 Å². The summed E-state index contributed by atoms with van der Waals surface area (Å²) in [6.07, 6.45) is 0. The van der Waals surface area contributed by atoms with E-state index < -0.39 is 24.5 Å². The van der Waals surface area contributed by atoms with Gasteiger partial charge in [0.15, 0.2) is 6.61 Å². The van der Waals surface area contributed by atoms with Crippen LogP contribution in [0, 0.1) is 5.92 Å². The summed E-state index contributed by atoms with van der Waals surface area (Å²) < 4.78 is 5.11. The molecule has 2 rings (SSSR count). The Morgan fingerprint density at radius 2 is 1.79 bits per heavy atom. The van der Waals surface area contributed by atoms with Crippen molar-refractivity contribution in [2.45, 2.75) is 19.9 Å². The normalized spacial score (nSPS) is 11.6. The predicted molar refractivity (Wildman–Crippen MR) is 111 cm³/mol. The summed E-state index contributed by atoms with van der Waals surface area (Å²) in [5.74, 6) is -1.61. The maximum absolute atomic E-state index is 12.3. The van der Waals surface area contributed by atoms with Crippen LogP contribution in [0.4, 0.5) is 11.4 Å². The van der Waals surface area contributed by atoms with Crippen LogP contribution in [0.15, 0.2) is 41.8 Å². The molecule has 0 saturated heterocycles. The average Bonchev–Trinajstić information content (AvgIpc) is 3.19. The molecule has 28 heavy (non-hydrogen) atoms. The summed E-state index contributed by atoms with van der Waals surface area (Å²) in [5, 5.41) is 7.13. The average molecular weight is 404 g/mol. The summed E-state index contributed by atoms with van der Waals surface area (Å²) in [5.41, 5.74) is 1.61. The number of nitrogens with zero attached hydrogens (tertiary/aromatic N) is 1. The summed E-state index contributed by atoms with van der Waals surface area (Å²) in [6.45, 7) is 3.17. The number of carbonyl (C=O) groups excluding carboxylic acids is 3. The fourth-order valence-electron chi connectivity index (χ4n) is 2.38.